The maximum atomic E-state index is 11.0. The van der Waals surface area contributed by atoms with Crippen LogP contribution in [0.5, 0.6) is 0 Å². The van der Waals surface area contributed by atoms with Gasteiger partial charge in [0.25, 0.3) is 0 Å². The smallest absolute Gasteiger partial charge is 0.133 e. The number of hydrogen-bond acceptors (Lipinski definition) is 1. The zero-order valence-corrected chi connectivity index (χ0v) is 8.26. The Morgan fingerprint density at radius 3 is 3.00 bits per heavy atom. The van der Waals surface area contributed by atoms with E-state index in [0.29, 0.717) is 11.7 Å². The van der Waals surface area contributed by atoms with E-state index in [4.69, 9.17) is 0 Å². The van der Waals surface area contributed by atoms with E-state index < -0.39 is 0 Å². The van der Waals surface area contributed by atoms with Crippen LogP contribution in [-0.4, -0.2) is 10.2 Å². The zero-order chi connectivity index (χ0) is 7.40. The summed E-state index contributed by atoms with van der Waals surface area (Å²) in [6.45, 7) is 0. The van der Waals surface area contributed by atoms with Gasteiger partial charge in [-0.1, -0.05) is 29.0 Å². The van der Waals surface area contributed by atoms with Gasteiger partial charge in [-0.3, -0.25) is 4.79 Å². The van der Waals surface area contributed by atoms with Crippen LogP contribution in [0.25, 0.3) is 0 Å². The van der Waals surface area contributed by atoms with Crippen LogP contribution in [0.1, 0.15) is 32.1 Å². The molecular weight excluding hydrogens is 239 g/mol. The summed E-state index contributed by atoms with van der Waals surface area (Å²) in [6.07, 6.45) is 5.36. The highest BCUT2D eigenvalue weighted by Crippen LogP contribution is 2.21. The number of Topliss-reactive ketones (excluding diaryl/α,β-unsaturated/α-hetero) is 1. The minimum Gasteiger partial charge on any atom is -0.300 e. The molecule has 1 nitrogen and oxygen atoms in total. The van der Waals surface area contributed by atoms with Crippen molar-refractivity contribution in [1.29, 1.82) is 0 Å². The lowest BCUT2D eigenvalue weighted by molar-refractivity contribution is -0.119. The second kappa shape index (κ2) is 4.31. The molecule has 58 valence electrons. The molecule has 1 aliphatic rings. The van der Waals surface area contributed by atoms with Crippen LogP contribution >= 0.6 is 22.6 Å². The molecule has 1 atom stereocenters. The largest absolute Gasteiger partial charge is 0.300 e. The standard InChI is InChI=1S/C8H13IO/c9-6-7-3-1-2-4-8(10)5-7/h7H,1-6H2. The van der Waals surface area contributed by atoms with Crippen molar-refractivity contribution in [3.63, 3.8) is 0 Å². The number of hydrogen-bond donors (Lipinski definition) is 0. The Morgan fingerprint density at radius 2 is 2.30 bits per heavy atom. The summed E-state index contributed by atoms with van der Waals surface area (Å²) in [5.41, 5.74) is 0. The van der Waals surface area contributed by atoms with E-state index in [1.54, 1.807) is 0 Å². The summed E-state index contributed by atoms with van der Waals surface area (Å²) in [4.78, 5) is 11.0. The molecule has 0 amide bonds. The third-order valence-electron chi connectivity index (χ3n) is 2.05. The normalized spacial score (nSPS) is 28.1. The Bertz CT molecular complexity index is 122. The SMILES string of the molecule is O=C1CCCCC(CI)C1. The van der Waals surface area contributed by atoms with E-state index in [1.165, 1.54) is 12.8 Å². The number of halogens is 1. The predicted octanol–water partition coefficient (Wildman–Crippen LogP) is 2.57. The summed E-state index contributed by atoms with van der Waals surface area (Å²) in [5, 5.41) is 0. The van der Waals surface area contributed by atoms with Crippen molar-refractivity contribution in [3.8, 4) is 0 Å². The van der Waals surface area contributed by atoms with Gasteiger partial charge in [-0.2, -0.15) is 0 Å². The fourth-order valence-electron chi connectivity index (χ4n) is 1.41. The molecule has 10 heavy (non-hydrogen) atoms. The van der Waals surface area contributed by atoms with Gasteiger partial charge in [0.2, 0.25) is 0 Å². The first kappa shape index (κ1) is 8.50. The molecule has 0 radical (unpaired) electrons. The van der Waals surface area contributed by atoms with Gasteiger partial charge >= 0.3 is 0 Å². The van der Waals surface area contributed by atoms with E-state index in [1.807, 2.05) is 0 Å². The first-order valence-electron chi connectivity index (χ1n) is 3.90. The highest BCUT2D eigenvalue weighted by atomic mass is 127. The third-order valence-corrected chi connectivity index (χ3v) is 3.30. The van der Waals surface area contributed by atoms with E-state index >= 15 is 0 Å². The molecule has 0 aliphatic heterocycles. The summed E-state index contributed by atoms with van der Waals surface area (Å²) in [5.74, 6) is 1.18. The quantitative estimate of drug-likeness (QED) is 0.398. The molecular formula is C8H13IO. The summed E-state index contributed by atoms with van der Waals surface area (Å²) < 4.78 is 1.16. The van der Waals surface area contributed by atoms with Gasteiger partial charge in [0.15, 0.2) is 0 Å². The van der Waals surface area contributed by atoms with Crippen LogP contribution in [0.4, 0.5) is 0 Å². The Labute approximate surface area is 75.7 Å². The molecule has 0 bridgehead atoms. The van der Waals surface area contributed by atoms with Gasteiger partial charge < -0.3 is 0 Å². The monoisotopic (exact) mass is 252 g/mol. The van der Waals surface area contributed by atoms with Crippen LogP contribution in [0.15, 0.2) is 0 Å². The maximum absolute atomic E-state index is 11.0. The van der Waals surface area contributed by atoms with E-state index in [0.717, 1.165) is 23.7 Å². The van der Waals surface area contributed by atoms with Crippen molar-refractivity contribution >= 4 is 28.4 Å². The Kier molecular flexibility index (Phi) is 3.66. The lowest BCUT2D eigenvalue weighted by Crippen LogP contribution is -2.05. The molecule has 1 rings (SSSR count). The molecule has 0 saturated heterocycles. The molecule has 0 aromatic carbocycles. The number of carbonyl (C=O) groups is 1. The Balaban J connectivity index is 2.38. The van der Waals surface area contributed by atoms with E-state index in [9.17, 15) is 4.79 Å². The van der Waals surface area contributed by atoms with Crippen molar-refractivity contribution in [2.75, 3.05) is 4.43 Å². The fourth-order valence-corrected chi connectivity index (χ4v) is 2.16. The van der Waals surface area contributed by atoms with Gasteiger partial charge in [0.05, 0.1) is 0 Å². The lowest BCUT2D eigenvalue weighted by atomic mass is 10.0. The van der Waals surface area contributed by atoms with E-state index in [-0.39, 0.29) is 0 Å². The maximum Gasteiger partial charge on any atom is 0.133 e. The highest BCUT2D eigenvalue weighted by molar-refractivity contribution is 14.1. The molecule has 1 aliphatic carbocycles. The average molecular weight is 252 g/mol. The van der Waals surface area contributed by atoms with E-state index in [2.05, 4.69) is 22.6 Å². The molecule has 0 spiro atoms. The molecule has 1 saturated carbocycles. The third kappa shape index (κ3) is 2.56. The van der Waals surface area contributed by atoms with Crippen molar-refractivity contribution in [2.45, 2.75) is 32.1 Å². The molecule has 0 heterocycles. The van der Waals surface area contributed by atoms with Crippen LogP contribution < -0.4 is 0 Å². The fraction of sp³-hybridized carbons (Fsp3) is 0.875. The van der Waals surface area contributed by atoms with Crippen molar-refractivity contribution in [3.05, 3.63) is 0 Å². The van der Waals surface area contributed by atoms with Gasteiger partial charge in [-0.05, 0) is 18.8 Å². The first-order chi connectivity index (χ1) is 4.83. The summed E-state index contributed by atoms with van der Waals surface area (Å²) in [6, 6.07) is 0. The second-order valence-electron chi connectivity index (χ2n) is 3.01. The molecule has 2 heteroatoms. The Morgan fingerprint density at radius 1 is 1.50 bits per heavy atom. The Hall–Kier alpha value is 0.400. The molecule has 0 aromatic heterocycles. The minimum absolute atomic E-state index is 0.485. The second-order valence-corrected chi connectivity index (χ2v) is 3.89. The number of rotatable bonds is 1. The van der Waals surface area contributed by atoms with Crippen LogP contribution in [0.2, 0.25) is 0 Å². The highest BCUT2D eigenvalue weighted by Gasteiger charge is 2.15. The minimum atomic E-state index is 0.485. The van der Waals surface area contributed by atoms with Gasteiger partial charge in [-0.25, -0.2) is 0 Å². The van der Waals surface area contributed by atoms with Crippen LogP contribution in [-0.2, 0) is 4.79 Å². The van der Waals surface area contributed by atoms with Crippen molar-refractivity contribution < 1.29 is 4.79 Å². The first-order valence-corrected chi connectivity index (χ1v) is 5.43. The molecule has 0 aromatic rings. The van der Waals surface area contributed by atoms with Crippen LogP contribution in [0, 0.1) is 5.92 Å². The van der Waals surface area contributed by atoms with Gasteiger partial charge in [-0.15, -0.1) is 0 Å². The number of alkyl halides is 1. The van der Waals surface area contributed by atoms with Crippen molar-refractivity contribution in [2.24, 2.45) is 5.92 Å². The van der Waals surface area contributed by atoms with Gasteiger partial charge in [0, 0.05) is 17.3 Å². The number of ketones is 1. The summed E-state index contributed by atoms with van der Waals surface area (Å²) in [7, 11) is 0. The molecule has 1 unspecified atom stereocenters. The topological polar surface area (TPSA) is 17.1 Å². The lowest BCUT2D eigenvalue weighted by Gasteiger charge is -2.06. The van der Waals surface area contributed by atoms with Gasteiger partial charge in [0.1, 0.15) is 5.78 Å². The molecule has 0 N–H and O–H groups in total. The molecule has 1 fully saturated rings. The zero-order valence-electron chi connectivity index (χ0n) is 6.11. The average Bonchev–Trinajstić information content (AvgIpc) is 2.13. The van der Waals surface area contributed by atoms with Crippen LogP contribution in [0.3, 0.4) is 0 Å². The predicted molar refractivity (Wildman–Crippen MR) is 50.5 cm³/mol. The van der Waals surface area contributed by atoms with Crippen molar-refractivity contribution in [1.82, 2.24) is 0 Å². The summed E-state index contributed by atoms with van der Waals surface area (Å²) >= 11 is 2.38. The number of carbonyl (C=O) groups excluding carboxylic acids is 1.